The van der Waals surface area contributed by atoms with Crippen molar-refractivity contribution < 1.29 is 9.59 Å². The molecule has 0 unspecified atom stereocenters. The van der Waals surface area contributed by atoms with E-state index in [1.165, 1.54) is 6.08 Å². The van der Waals surface area contributed by atoms with E-state index in [4.69, 9.17) is 16.6 Å². The largest absolute Gasteiger partial charge is 0.360 e. The van der Waals surface area contributed by atoms with Crippen molar-refractivity contribution >= 4 is 51.6 Å². The number of piperidine rings is 1. The lowest BCUT2D eigenvalue weighted by atomic mass is 9.95. The fourth-order valence-corrected chi connectivity index (χ4v) is 4.59. The van der Waals surface area contributed by atoms with E-state index in [1.807, 2.05) is 30.5 Å². The molecule has 2 aromatic heterocycles. The lowest BCUT2D eigenvalue weighted by molar-refractivity contribution is -0.120. The molecule has 1 aliphatic rings. The quantitative estimate of drug-likeness (QED) is 0.232. The highest BCUT2D eigenvalue weighted by Crippen LogP contribution is 2.32. The number of amides is 2. The van der Waals surface area contributed by atoms with E-state index >= 15 is 0 Å². The standard InChI is InChI=1S/C27H26ClN7O2/c1-2-24(36)32-17-7-9-18(10-8-17)33-26(37)16-11-19(13-29-12-16)34-27-31-15-22(28)25(35-27)21-14-30-23-6-4-3-5-20(21)23/h2-10,14-16,19,29-30H,1,11-13H2,(H,32,36)(H,33,37)(H,31,34,35)/t16-,19-/m1/s1. The molecule has 9 nitrogen and oxygen atoms in total. The molecule has 0 bridgehead atoms. The van der Waals surface area contributed by atoms with Gasteiger partial charge in [0.1, 0.15) is 0 Å². The Morgan fingerprint density at radius 1 is 1.05 bits per heavy atom. The van der Waals surface area contributed by atoms with Gasteiger partial charge in [-0.3, -0.25) is 9.59 Å². The number of rotatable bonds is 7. The zero-order valence-corrected chi connectivity index (χ0v) is 20.7. The van der Waals surface area contributed by atoms with Gasteiger partial charge in [0.05, 0.1) is 22.8 Å². The Balaban J connectivity index is 1.23. The Kier molecular flexibility index (Phi) is 7.16. The summed E-state index contributed by atoms with van der Waals surface area (Å²) in [6, 6.07) is 14.9. The van der Waals surface area contributed by atoms with Gasteiger partial charge in [-0.1, -0.05) is 36.4 Å². The van der Waals surface area contributed by atoms with Crippen LogP contribution in [0.15, 0.2) is 73.6 Å². The van der Waals surface area contributed by atoms with Gasteiger partial charge in [-0.15, -0.1) is 0 Å². The van der Waals surface area contributed by atoms with Gasteiger partial charge < -0.3 is 26.3 Å². The summed E-state index contributed by atoms with van der Waals surface area (Å²) in [4.78, 5) is 36.7. The predicted octanol–water partition coefficient (Wildman–Crippen LogP) is 4.43. The first kappa shape index (κ1) is 24.5. The number of para-hydroxylation sites is 1. The van der Waals surface area contributed by atoms with Gasteiger partial charge in [0.25, 0.3) is 0 Å². The van der Waals surface area contributed by atoms with Crippen LogP contribution in [0, 0.1) is 5.92 Å². The van der Waals surface area contributed by atoms with Crippen molar-refractivity contribution in [1.29, 1.82) is 0 Å². The molecule has 5 N–H and O–H groups in total. The van der Waals surface area contributed by atoms with Gasteiger partial charge in [0, 0.05) is 53.2 Å². The number of nitrogens with one attached hydrogen (secondary N) is 5. The molecule has 2 amide bonds. The highest BCUT2D eigenvalue weighted by Gasteiger charge is 2.28. The summed E-state index contributed by atoms with van der Waals surface area (Å²) < 4.78 is 0. The molecule has 2 atom stereocenters. The van der Waals surface area contributed by atoms with Gasteiger partial charge in [-0.2, -0.15) is 0 Å². The summed E-state index contributed by atoms with van der Waals surface area (Å²) in [6.07, 6.45) is 5.30. The van der Waals surface area contributed by atoms with Crippen LogP contribution in [0.25, 0.3) is 22.2 Å². The lowest BCUT2D eigenvalue weighted by Gasteiger charge is -2.30. The molecule has 2 aromatic carbocycles. The van der Waals surface area contributed by atoms with E-state index in [-0.39, 0.29) is 23.8 Å². The minimum absolute atomic E-state index is 0.0435. The number of hydrogen-bond acceptors (Lipinski definition) is 6. The second-order valence-electron chi connectivity index (χ2n) is 8.83. The van der Waals surface area contributed by atoms with Crippen LogP contribution in [0.1, 0.15) is 6.42 Å². The zero-order valence-electron chi connectivity index (χ0n) is 19.9. The number of aromatic amines is 1. The van der Waals surface area contributed by atoms with Crippen molar-refractivity contribution in [2.45, 2.75) is 12.5 Å². The van der Waals surface area contributed by atoms with Gasteiger partial charge >= 0.3 is 0 Å². The molecule has 10 heteroatoms. The number of hydrogen-bond donors (Lipinski definition) is 5. The SMILES string of the molecule is C=CC(=O)Nc1ccc(NC(=O)[C@H]2CNC[C@H](Nc3ncc(Cl)c(-c4c[nH]c5ccccc45)n3)C2)cc1. The second-order valence-corrected chi connectivity index (χ2v) is 9.24. The summed E-state index contributed by atoms with van der Waals surface area (Å²) in [6.45, 7) is 4.68. The number of halogens is 1. The van der Waals surface area contributed by atoms with Crippen LogP contribution >= 0.6 is 11.6 Å². The van der Waals surface area contributed by atoms with Gasteiger partial charge in [0.2, 0.25) is 17.8 Å². The van der Waals surface area contributed by atoms with Crippen molar-refractivity contribution in [2.24, 2.45) is 5.92 Å². The topological polar surface area (TPSA) is 124 Å². The Hall–Kier alpha value is -4.21. The minimum atomic E-state index is -0.290. The van der Waals surface area contributed by atoms with E-state index in [0.717, 1.165) is 16.5 Å². The van der Waals surface area contributed by atoms with Crippen molar-refractivity contribution in [3.05, 3.63) is 78.6 Å². The molecule has 1 saturated heterocycles. The molecule has 37 heavy (non-hydrogen) atoms. The van der Waals surface area contributed by atoms with Crippen LogP contribution in [0.3, 0.4) is 0 Å². The molecule has 0 spiro atoms. The minimum Gasteiger partial charge on any atom is -0.360 e. The average Bonchev–Trinajstić information content (AvgIpc) is 3.35. The van der Waals surface area contributed by atoms with Crippen LogP contribution in [-0.4, -0.2) is 45.9 Å². The number of fused-ring (bicyclic) bond motifs is 1. The average molecular weight is 516 g/mol. The van der Waals surface area contributed by atoms with Crippen LogP contribution < -0.4 is 21.3 Å². The third-order valence-corrected chi connectivity index (χ3v) is 6.52. The maximum Gasteiger partial charge on any atom is 0.247 e. The first-order valence-corrected chi connectivity index (χ1v) is 12.3. The third kappa shape index (κ3) is 5.63. The summed E-state index contributed by atoms with van der Waals surface area (Å²) in [5, 5.41) is 13.8. The maximum atomic E-state index is 12.9. The molecule has 1 aliphatic heterocycles. The number of anilines is 3. The number of carbonyl (C=O) groups excluding carboxylic acids is 2. The van der Waals surface area contributed by atoms with E-state index in [0.29, 0.717) is 47.6 Å². The van der Waals surface area contributed by atoms with E-state index < -0.39 is 0 Å². The first-order chi connectivity index (χ1) is 18.0. The molecular formula is C27H26ClN7O2. The van der Waals surface area contributed by atoms with Crippen molar-refractivity contribution in [3.63, 3.8) is 0 Å². The molecule has 5 rings (SSSR count). The molecular weight excluding hydrogens is 490 g/mol. The van der Waals surface area contributed by atoms with Crippen molar-refractivity contribution in [3.8, 4) is 11.3 Å². The number of carbonyl (C=O) groups is 2. The Morgan fingerprint density at radius 2 is 1.81 bits per heavy atom. The lowest BCUT2D eigenvalue weighted by Crippen LogP contribution is -2.47. The van der Waals surface area contributed by atoms with Crippen LogP contribution in [0.2, 0.25) is 5.02 Å². The van der Waals surface area contributed by atoms with Gasteiger partial charge in [-0.05, 0) is 42.8 Å². The number of aromatic nitrogens is 3. The molecule has 1 fully saturated rings. The Bertz CT molecular complexity index is 1450. The maximum absolute atomic E-state index is 12.9. The van der Waals surface area contributed by atoms with Gasteiger partial charge in [0.15, 0.2) is 0 Å². The smallest absolute Gasteiger partial charge is 0.247 e. The van der Waals surface area contributed by atoms with E-state index in [9.17, 15) is 9.59 Å². The van der Waals surface area contributed by atoms with Gasteiger partial charge in [-0.25, -0.2) is 9.97 Å². The number of nitrogens with zero attached hydrogens (tertiary/aromatic N) is 2. The molecule has 188 valence electrons. The van der Waals surface area contributed by atoms with Crippen LogP contribution in [-0.2, 0) is 9.59 Å². The zero-order chi connectivity index (χ0) is 25.8. The van der Waals surface area contributed by atoms with E-state index in [1.54, 1.807) is 30.5 Å². The molecule has 0 aliphatic carbocycles. The van der Waals surface area contributed by atoms with E-state index in [2.05, 4.69) is 37.8 Å². The highest BCUT2D eigenvalue weighted by atomic mass is 35.5. The number of benzene rings is 2. The summed E-state index contributed by atoms with van der Waals surface area (Å²) in [5.74, 6) is -0.165. The van der Waals surface area contributed by atoms with Crippen molar-refractivity contribution in [1.82, 2.24) is 20.3 Å². The molecule has 0 radical (unpaired) electrons. The Labute approximate surface area is 218 Å². The third-order valence-electron chi connectivity index (χ3n) is 6.25. The monoisotopic (exact) mass is 515 g/mol. The predicted molar refractivity (Wildman–Crippen MR) is 147 cm³/mol. The second kappa shape index (κ2) is 10.8. The molecule has 4 aromatic rings. The fourth-order valence-electron chi connectivity index (χ4n) is 4.40. The highest BCUT2D eigenvalue weighted by molar-refractivity contribution is 6.33. The van der Waals surface area contributed by atoms with Crippen LogP contribution in [0.5, 0.6) is 0 Å². The summed E-state index contributed by atoms with van der Waals surface area (Å²) in [5.41, 5.74) is 3.83. The van der Waals surface area contributed by atoms with Crippen molar-refractivity contribution in [2.75, 3.05) is 29.0 Å². The van der Waals surface area contributed by atoms with Crippen LogP contribution in [0.4, 0.5) is 17.3 Å². The summed E-state index contributed by atoms with van der Waals surface area (Å²) in [7, 11) is 0. The normalized spacial score (nSPS) is 17.2. The summed E-state index contributed by atoms with van der Waals surface area (Å²) >= 11 is 6.46. The molecule has 0 saturated carbocycles. The fraction of sp³-hybridized carbons (Fsp3) is 0.185. The Morgan fingerprint density at radius 3 is 2.59 bits per heavy atom. The number of H-pyrrole nitrogens is 1. The first-order valence-electron chi connectivity index (χ1n) is 11.9. The molecule has 3 heterocycles.